The van der Waals surface area contributed by atoms with E-state index in [0.717, 1.165) is 29.9 Å². The van der Waals surface area contributed by atoms with Gasteiger partial charge in [0.2, 0.25) is 5.91 Å². The lowest BCUT2D eigenvalue weighted by Crippen LogP contribution is -2.48. The van der Waals surface area contributed by atoms with E-state index in [-0.39, 0.29) is 5.91 Å². The number of piperazine rings is 1. The fraction of sp³-hybridized carbons (Fsp3) is 0.233. The Morgan fingerprint density at radius 3 is 2.50 bits per heavy atom. The van der Waals surface area contributed by atoms with Gasteiger partial charge in [-0.15, -0.1) is 0 Å². The number of carbonyl (C=O) groups is 1. The zero-order valence-electron chi connectivity index (χ0n) is 20.8. The average Bonchev–Trinajstić information content (AvgIpc) is 3.32. The topological polar surface area (TPSA) is 54.3 Å². The highest BCUT2D eigenvalue weighted by Gasteiger charge is 2.21. The van der Waals surface area contributed by atoms with Crippen molar-refractivity contribution in [1.82, 2.24) is 19.7 Å². The van der Waals surface area contributed by atoms with Gasteiger partial charge in [-0.25, -0.2) is 0 Å². The van der Waals surface area contributed by atoms with Crippen molar-refractivity contribution in [3.8, 4) is 11.3 Å². The van der Waals surface area contributed by atoms with Gasteiger partial charge in [0.25, 0.3) is 0 Å². The Morgan fingerprint density at radius 2 is 1.75 bits per heavy atom. The number of amides is 1. The minimum atomic E-state index is 0.0311. The Morgan fingerprint density at radius 1 is 0.944 bits per heavy atom. The van der Waals surface area contributed by atoms with Gasteiger partial charge in [-0.3, -0.25) is 14.5 Å². The van der Waals surface area contributed by atoms with Gasteiger partial charge in [0.05, 0.1) is 6.54 Å². The molecule has 2 aromatic heterocycles. The fourth-order valence-corrected chi connectivity index (χ4v) is 4.65. The highest BCUT2D eigenvalue weighted by atomic mass is 16.2. The summed E-state index contributed by atoms with van der Waals surface area (Å²) in [6.07, 6.45) is 9.12. The van der Waals surface area contributed by atoms with Crippen molar-refractivity contribution >= 4 is 17.7 Å². The van der Waals surface area contributed by atoms with Gasteiger partial charge in [0, 0.05) is 67.7 Å². The molecule has 1 aliphatic rings. The molecule has 0 spiro atoms. The summed E-state index contributed by atoms with van der Waals surface area (Å²) in [6, 6.07) is 20.6. The quantitative estimate of drug-likeness (QED) is 0.368. The van der Waals surface area contributed by atoms with Crippen LogP contribution >= 0.6 is 0 Å². The number of carbonyl (C=O) groups excluding carboxylic acids is 1. The van der Waals surface area contributed by atoms with Gasteiger partial charge in [-0.1, -0.05) is 42.5 Å². The Bertz CT molecular complexity index is 1350. The van der Waals surface area contributed by atoms with E-state index in [0.29, 0.717) is 19.6 Å². The van der Waals surface area contributed by atoms with Crippen molar-refractivity contribution < 1.29 is 4.79 Å². The zero-order valence-corrected chi connectivity index (χ0v) is 20.8. The summed E-state index contributed by atoms with van der Waals surface area (Å²) in [6.45, 7) is 8.06. The number of pyridine rings is 1. The highest BCUT2D eigenvalue weighted by molar-refractivity contribution is 5.93. The normalized spacial score (nSPS) is 13.9. The summed E-state index contributed by atoms with van der Waals surface area (Å²) in [5, 5.41) is 4.82. The molecule has 36 heavy (non-hydrogen) atoms. The number of aryl methyl sites for hydroxylation is 1. The number of aromatic nitrogens is 3. The van der Waals surface area contributed by atoms with Crippen LogP contribution in [0.2, 0.25) is 0 Å². The van der Waals surface area contributed by atoms with Crippen LogP contribution in [0.5, 0.6) is 0 Å². The lowest BCUT2D eigenvalue weighted by molar-refractivity contribution is -0.126. The summed E-state index contributed by atoms with van der Waals surface area (Å²) in [7, 11) is 0. The highest BCUT2D eigenvalue weighted by Crippen LogP contribution is 2.25. The molecule has 182 valence electrons. The Balaban J connectivity index is 1.30. The summed E-state index contributed by atoms with van der Waals surface area (Å²) in [5.74, 6) is 0.0311. The second-order valence-electron chi connectivity index (χ2n) is 9.22. The first-order chi connectivity index (χ1) is 17.6. The van der Waals surface area contributed by atoms with Crippen LogP contribution in [0, 0.1) is 13.8 Å². The molecule has 6 nitrogen and oxygen atoms in total. The SMILES string of the molecule is Cc1cccc(N2CCN(C(=O)/C=C/c3cn(Cc4ccccc4)nc3-c3cccnc3)CC2)c1C. The lowest BCUT2D eigenvalue weighted by atomic mass is 10.1. The Hall–Kier alpha value is -4.19. The van der Waals surface area contributed by atoms with Gasteiger partial charge in [-0.05, 0) is 54.8 Å². The van der Waals surface area contributed by atoms with Crippen molar-refractivity contribution in [1.29, 1.82) is 0 Å². The van der Waals surface area contributed by atoms with Crippen LogP contribution in [-0.2, 0) is 11.3 Å². The average molecular weight is 478 g/mol. The van der Waals surface area contributed by atoms with Crippen molar-refractivity contribution in [2.24, 2.45) is 0 Å². The summed E-state index contributed by atoms with van der Waals surface area (Å²) >= 11 is 0. The molecule has 1 aliphatic heterocycles. The molecule has 0 saturated carbocycles. The van der Waals surface area contributed by atoms with Gasteiger partial charge < -0.3 is 9.80 Å². The molecule has 6 heteroatoms. The predicted molar refractivity (Wildman–Crippen MR) is 145 cm³/mol. The van der Waals surface area contributed by atoms with Crippen LogP contribution in [0.25, 0.3) is 17.3 Å². The second kappa shape index (κ2) is 10.6. The van der Waals surface area contributed by atoms with E-state index in [1.165, 1.54) is 22.4 Å². The third kappa shape index (κ3) is 5.23. The van der Waals surface area contributed by atoms with E-state index in [1.807, 2.05) is 52.2 Å². The van der Waals surface area contributed by atoms with Gasteiger partial charge >= 0.3 is 0 Å². The molecule has 0 aliphatic carbocycles. The summed E-state index contributed by atoms with van der Waals surface area (Å²) < 4.78 is 1.92. The van der Waals surface area contributed by atoms with Crippen LogP contribution < -0.4 is 4.90 Å². The molecule has 3 heterocycles. The number of anilines is 1. The first-order valence-electron chi connectivity index (χ1n) is 12.4. The molecule has 0 N–H and O–H groups in total. The van der Waals surface area contributed by atoms with E-state index < -0.39 is 0 Å². The van der Waals surface area contributed by atoms with Crippen LogP contribution in [0.3, 0.4) is 0 Å². The first-order valence-corrected chi connectivity index (χ1v) is 12.4. The van der Waals surface area contributed by atoms with E-state index in [4.69, 9.17) is 5.10 Å². The molecular formula is C30H31N5O. The standard InChI is InChI=1S/C30H31N5O/c1-23-8-6-12-28(24(23)2)33-16-18-34(19-17-33)29(36)14-13-27-22-35(21-25-9-4-3-5-10-25)32-30(27)26-11-7-15-31-20-26/h3-15,20,22H,16-19,21H2,1-2H3/b14-13+. The first kappa shape index (κ1) is 23.5. The molecule has 0 atom stereocenters. The van der Waals surface area contributed by atoms with Crippen molar-refractivity contribution in [3.05, 3.63) is 108 Å². The molecule has 5 rings (SSSR count). The van der Waals surface area contributed by atoms with E-state index in [1.54, 1.807) is 18.5 Å². The number of rotatable bonds is 6. The van der Waals surface area contributed by atoms with E-state index >= 15 is 0 Å². The second-order valence-corrected chi connectivity index (χ2v) is 9.22. The fourth-order valence-electron chi connectivity index (χ4n) is 4.65. The van der Waals surface area contributed by atoms with Gasteiger partial charge in [0.1, 0.15) is 5.69 Å². The minimum absolute atomic E-state index is 0.0311. The molecule has 0 bridgehead atoms. The largest absolute Gasteiger partial charge is 0.368 e. The number of hydrogen-bond donors (Lipinski definition) is 0. The van der Waals surface area contributed by atoms with E-state index in [2.05, 4.69) is 54.1 Å². The number of benzene rings is 2. The van der Waals surface area contributed by atoms with Gasteiger partial charge in [-0.2, -0.15) is 5.10 Å². The van der Waals surface area contributed by atoms with Gasteiger partial charge in [0.15, 0.2) is 0 Å². The molecule has 0 radical (unpaired) electrons. The van der Waals surface area contributed by atoms with Crippen LogP contribution in [0.1, 0.15) is 22.3 Å². The lowest BCUT2D eigenvalue weighted by Gasteiger charge is -2.36. The van der Waals surface area contributed by atoms with E-state index in [9.17, 15) is 4.79 Å². The third-order valence-electron chi connectivity index (χ3n) is 6.83. The smallest absolute Gasteiger partial charge is 0.246 e. The maximum absolute atomic E-state index is 13.1. The van der Waals surface area contributed by atoms with Crippen LogP contribution in [0.4, 0.5) is 5.69 Å². The molecule has 2 aromatic carbocycles. The summed E-state index contributed by atoms with van der Waals surface area (Å²) in [4.78, 5) is 21.6. The molecule has 4 aromatic rings. The number of nitrogens with zero attached hydrogens (tertiary/aromatic N) is 5. The third-order valence-corrected chi connectivity index (χ3v) is 6.83. The molecule has 1 amide bonds. The maximum Gasteiger partial charge on any atom is 0.246 e. The molecule has 0 unspecified atom stereocenters. The maximum atomic E-state index is 13.1. The number of hydrogen-bond acceptors (Lipinski definition) is 4. The van der Waals surface area contributed by atoms with Crippen LogP contribution in [0.15, 0.2) is 85.3 Å². The minimum Gasteiger partial charge on any atom is -0.368 e. The Labute approximate surface area is 212 Å². The molecule has 1 saturated heterocycles. The monoisotopic (exact) mass is 477 g/mol. The molecular weight excluding hydrogens is 446 g/mol. The predicted octanol–water partition coefficient (Wildman–Crippen LogP) is 4.97. The summed E-state index contributed by atoms with van der Waals surface area (Å²) in [5.41, 5.74) is 7.71. The Kier molecular flexibility index (Phi) is 6.94. The van der Waals surface area contributed by atoms with Crippen molar-refractivity contribution in [2.45, 2.75) is 20.4 Å². The van der Waals surface area contributed by atoms with Crippen LogP contribution in [-0.4, -0.2) is 51.8 Å². The van der Waals surface area contributed by atoms with Crippen molar-refractivity contribution in [2.75, 3.05) is 31.1 Å². The van der Waals surface area contributed by atoms with Crippen molar-refractivity contribution in [3.63, 3.8) is 0 Å². The zero-order chi connectivity index (χ0) is 24.9. The molecule has 1 fully saturated rings.